The minimum absolute atomic E-state index is 0.0906. The van der Waals surface area contributed by atoms with Gasteiger partial charge in [0.1, 0.15) is 0 Å². The summed E-state index contributed by atoms with van der Waals surface area (Å²) in [5.74, 6) is 0. The van der Waals surface area contributed by atoms with E-state index in [1.165, 1.54) is 5.56 Å². The molecule has 4 heteroatoms. The molecule has 0 saturated heterocycles. The smallest absolute Gasteiger partial charge is 0.0705 e. The highest BCUT2D eigenvalue weighted by molar-refractivity contribution is 9.10. The average molecular weight is 328 g/mol. The zero-order valence-electron chi connectivity index (χ0n) is 11.0. The van der Waals surface area contributed by atoms with Gasteiger partial charge in [0.15, 0.2) is 0 Å². The van der Waals surface area contributed by atoms with Crippen molar-refractivity contribution in [2.45, 2.75) is 6.04 Å². The van der Waals surface area contributed by atoms with Crippen molar-refractivity contribution < 1.29 is 0 Å². The number of pyridine rings is 2. The quantitative estimate of drug-likeness (QED) is 0.797. The summed E-state index contributed by atoms with van der Waals surface area (Å²) in [6.45, 7) is 0. The van der Waals surface area contributed by atoms with Crippen LogP contribution in [0.1, 0.15) is 17.2 Å². The molecule has 0 bridgehead atoms. The van der Waals surface area contributed by atoms with E-state index in [9.17, 15) is 0 Å². The third kappa shape index (κ3) is 2.44. The Morgan fingerprint density at radius 3 is 2.85 bits per heavy atom. The highest BCUT2D eigenvalue weighted by Crippen LogP contribution is 2.28. The Bertz CT molecular complexity index is 737. The third-order valence-corrected chi connectivity index (χ3v) is 3.77. The number of rotatable bonds is 3. The van der Waals surface area contributed by atoms with Crippen LogP contribution in [0.5, 0.6) is 0 Å². The van der Waals surface area contributed by atoms with Gasteiger partial charge in [-0.3, -0.25) is 9.97 Å². The Labute approximate surface area is 126 Å². The van der Waals surface area contributed by atoms with E-state index < -0.39 is 0 Å². The van der Waals surface area contributed by atoms with Crippen LogP contribution >= 0.6 is 15.9 Å². The first kappa shape index (κ1) is 13.2. The monoisotopic (exact) mass is 327 g/mol. The van der Waals surface area contributed by atoms with E-state index in [2.05, 4.69) is 49.4 Å². The highest BCUT2D eigenvalue weighted by atomic mass is 79.9. The minimum atomic E-state index is 0.0906. The van der Waals surface area contributed by atoms with Crippen LogP contribution in [0.15, 0.2) is 59.5 Å². The van der Waals surface area contributed by atoms with Crippen molar-refractivity contribution in [1.29, 1.82) is 0 Å². The molecule has 1 unspecified atom stereocenters. The van der Waals surface area contributed by atoms with Crippen molar-refractivity contribution >= 4 is 26.8 Å². The Kier molecular flexibility index (Phi) is 3.76. The zero-order chi connectivity index (χ0) is 13.9. The molecule has 3 aromatic rings. The van der Waals surface area contributed by atoms with E-state index in [4.69, 9.17) is 0 Å². The molecule has 1 atom stereocenters. The van der Waals surface area contributed by atoms with E-state index >= 15 is 0 Å². The van der Waals surface area contributed by atoms with E-state index in [1.807, 2.05) is 37.6 Å². The molecular weight excluding hydrogens is 314 g/mol. The lowest BCUT2D eigenvalue weighted by atomic mass is 9.96. The van der Waals surface area contributed by atoms with Gasteiger partial charge >= 0.3 is 0 Å². The van der Waals surface area contributed by atoms with Gasteiger partial charge in [0.25, 0.3) is 0 Å². The first-order valence-electron chi connectivity index (χ1n) is 6.41. The largest absolute Gasteiger partial charge is 0.309 e. The van der Waals surface area contributed by atoms with Crippen molar-refractivity contribution in [3.63, 3.8) is 0 Å². The zero-order valence-corrected chi connectivity index (χ0v) is 12.6. The van der Waals surface area contributed by atoms with Gasteiger partial charge in [-0.2, -0.15) is 0 Å². The summed E-state index contributed by atoms with van der Waals surface area (Å²) in [6.07, 6.45) is 5.50. The van der Waals surface area contributed by atoms with Gasteiger partial charge in [-0.1, -0.05) is 18.2 Å². The maximum absolute atomic E-state index is 4.42. The molecule has 20 heavy (non-hydrogen) atoms. The molecule has 100 valence electrons. The Hall–Kier alpha value is -1.78. The molecule has 0 aliphatic rings. The SMILES string of the molecule is CNC(c1cncc(Br)c1)c1cccc2ncccc12. The third-order valence-electron chi connectivity index (χ3n) is 3.34. The molecule has 0 fully saturated rings. The molecule has 0 amide bonds. The summed E-state index contributed by atoms with van der Waals surface area (Å²) in [5.41, 5.74) is 3.34. The van der Waals surface area contributed by atoms with E-state index in [0.29, 0.717) is 0 Å². The van der Waals surface area contributed by atoms with Crippen LogP contribution < -0.4 is 5.32 Å². The summed E-state index contributed by atoms with van der Waals surface area (Å²) in [4.78, 5) is 8.67. The molecule has 3 rings (SSSR count). The second-order valence-electron chi connectivity index (χ2n) is 4.58. The topological polar surface area (TPSA) is 37.8 Å². The molecule has 0 aliphatic carbocycles. The lowest BCUT2D eigenvalue weighted by molar-refractivity contribution is 0.693. The molecule has 0 spiro atoms. The molecule has 1 aromatic carbocycles. The normalized spacial score (nSPS) is 12.5. The predicted octanol–water partition coefficient (Wildman–Crippen LogP) is 3.70. The fraction of sp³-hybridized carbons (Fsp3) is 0.125. The molecule has 0 radical (unpaired) electrons. The van der Waals surface area contributed by atoms with Crippen LogP contribution in [-0.2, 0) is 0 Å². The van der Waals surface area contributed by atoms with Gasteiger partial charge in [0.2, 0.25) is 0 Å². The van der Waals surface area contributed by atoms with E-state index in [1.54, 1.807) is 6.20 Å². The van der Waals surface area contributed by atoms with E-state index in [-0.39, 0.29) is 6.04 Å². The van der Waals surface area contributed by atoms with Crippen molar-refractivity contribution in [3.8, 4) is 0 Å². The van der Waals surface area contributed by atoms with Crippen molar-refractivity contribution in [2.24, 2.45) is 0 Å². The predicted molar refractivity (Wildman–Crippen MR) is 84.6 cm³/mol. The van der Waals surface area contributed by atoms with Gasteiger partial charge < -0.3 is 5.32 Å². The molecule has 1 N–H and O–H groups in total. The molecule has 3 nitrogen and oxygen atoms in total. The Balaban J connectivity index is 2.17. The van der Waals surface area contributed by atoms with E-state index in [0.717, 1.165) is 20.9 Å². The lowest BCUT2D eigenvalue weighted by Gasteiger charge is -2.19. The number of halogens is 1. The van der Waals surface area contributed by atoms with Gasteiger partial charge in [-0.05, 0) is 52.3 Å². The van der Waals surface area contributed by atoms with Crippen LogP contribution in [0.3, 0.4) is 0 Å². The summed E-state index contributed by atoms with van der Waals surface area (Å²) < 4.78 is 0.980. The van der Waals surface area contributed by atoms with Gasteiger partial charge in [0.05, 0.1) is 11.6 Å². The molecule has 0 aliphatic heterocycles. The molecule has 2 aromatic heterocycles. The van der Waals surface area contributed by atoms with Crippen molar-refractivity contribution in [3.05, 3.63) is 70.6 Å². The van der Waals surface area contributed by atoms with Crippen molar-refractivity contribution in [1.82, 2.24) is 15.3 Å². The summed E-state index contributed by atoms with van der Waals surface area (Å²) >= 11 is 3.48. The lowest BCUT2D eigenvalue weighted by Crippen LogP contribution is -2.18. The van der Waals surface area contributed by atoms with Crippen LogP contribution in [0.4, 0.5) is 0 Å². The number of hydrogen-bond donors (Lipinski definition) is 1. The standard InChI is InChI=1S/C16H14BrN3/c1-18-16(11-8-12(17)10-19-9-11)14-4-2-6-15-13(14)5-3-7-20-15/h2-10,16,18H,1H3. The first-order valence-corrected chi connectivity index (χ1v) is 7.20. The van der Waals surface area contributed by atoms with Crippen LogP contribution in [-0.4, -0.2) is 17.0 Å². The van der Waals surface area contributed by atoms with Gasteiger partial charge in [-0.25, -0.2) is 0 Å². The van der Waals surface area contributed by atoms with Crippen LogP contribution in [0.25, 0.3) is 10.9 Å². The average Bonchev–Trinajstić information content (AvgIpc) is 2.48. The molecule has 2 heterocycles. The summed E-state index contributed by atoms with van der Waals surface area (Å²) in [6, 6.07) is 12.5. The van der Waals surface area contributed by atoms with Crippen molar-refractivity contribution in [2.75, 3.05) is 7.05 Å². The number of fused-ring (bicyclic) bond motifs is 1. The fourth-order valence-electron chi connectivity index (χ4n) is 2.47. The Morgan fingerprint density at radius 1 is 1.15 bits per heavy atom. The number of nitrogens with one attached hydrogen (secondary N) is 1. The Morgan fingerprint density at radius 2 is 2.05 bits per heavy atom. The number of hydrogen-bond acceptors (Lipinski definition) is 3. The fourth-order valence-corrected chi connectivity index (χ4v) is 2.85. The van der Waals surface area contributed by atoms with Gasteiger partial charge in [0, 0.05) is 28.4 Å². The first-order chi connectivity index (χ1) is 9.79. The van der Waals surface area contributed by atoms with Gasteiger partial charge in [-0.15, -0.1) is 0 Å². The molecular formula is C16H14BrN3. The summed E-state index contributed by atoms with van der Waals surface area (Å²) in [7, 11) is 1.96. The number of benzene rings is 1. The second kappa shape index (κ2) is 5.69. The van der Waals surface area contributed by atoms with Crippen LogP contribution in [0.2, 0.25) is 0 Å². The number of nitrogens with zero attached hydrogens (tertiary/aromatic N) is 2. The minimum Gasteiger partial charge on any atom is -0.309 e. The van der Waals surface area contributed by atoms with Crippen LogP contribution in [0, 0.1) is 0 Å². The number of aromatic nitrogens is 2. The maximum Gasteiger partial charge on any atom is 0.0705 e. The summed E-state index contributed by atoms with van der Waals surface area (Å²) in [5, 5.41) is 4.53. The highest BCUT2D eigenvalue weighted by Gasteiger charge is 2.15. The maximum atomic E-state index is 4.42. The second-order valence-corrected chi connectivity index (χ2v) is 5.49. The molecule has 0 saturated carbocycles.